The van der Waals surface area contributed by atoms with Crippen molar-refractivity contribution in [1.29, 1.82) is 0 Å². The SMILES string of the molecule is CC[n+]1cccc2c3cc(C4=C(C(=O)[O-])N5C(=O)[C@H]([C@@H](C)O)[C@H]5C4)ccc3n(C)c21. The zero-order valence-electron chi connectivity index (χ0n) is 17.1. The summed E-state index contributed by atoms with van der Waals surface area (Å²) in [6.07, 6.45) is 1.63. The Balaban J connectivity index is 1.69. The van der Waals surface area contributed by atoms with E-state index in [0.29, 0.717) is 12.0 Å². The van der Waals surface area contributed by atoms with Crippen molar-refractivity contribution in [3.05, 3.63) is 47.8 Å². The number of pyridine rings is 1. The van der Waals surface area contributed by atoms with Crippen molar-refractivity contribution in [1.82, 2.24) is 9.47 Å². The van der Waals surface area contributed by atoms with Crippen molar-refractivity contribution in [2.75, 3.05) is 0 Å². The van der Waals surface area contributed by atoms with Gasteiger partial charge >= 0.3 is 0 Å². The van der Waals surface area contributed by atoms with Crippen LogP contribution in [0.1, 0.15) is 25.8 Å². The normalized spacial score (nSPS) is 22.0. The van der Waals surface area contributed by atoms with Gasteiger partial charge in [0, 0.05) is 5.39 Å². The van der Waals surface area contributed by atoms with Gasteiger partial charge in [-0.3, -0.25) is 4.79 Å². The van der Waals surface area contributed by atoms with Crippen molar-refractivity contribution in [2.45, 2.75) is 39.0 Å². The first-order chi connectivity index (χ1) is 14.3. The summed E-state index contributed by atoms with van der Waals surface area (Å²) in [5, 5.41) is 24.0. The van der Waals surface area contributed by atoms with Crippen LogP contribution in [-0.4, -0.2) is 38.6 Å². The molecule has 154 valence electrons. The number of nitrogens with zero attached hydrogens (tertiary/aromatic N) is 3. The Kier molecular flexibility index (Phi) is 4.02. The summed E-state index contributed by atoms with van der Waals surface area (Å²) >= 11 is 0. The minimum Gasteiger partial charge on any atom is -0.543 e. The molecule has 1 saturated heterocycles. The third-order valence-corrected chi connectivity index (χ3v) is 6.62. The molecule has 3 atom stereocenters. The number of aliphatic hydroxyl groups excluding tert-OH is 1. The van der Waals surface area contributed by atoms with Gasteiger partial charge in [0.2, 0.25) is 5.91 Å². The maximum absolute atomic E-state index is 12.5. The third kappa shape index (κ3) is 2.32. The average Bonchev–Trinajstić information content (AvgIpc) is 3.21. The fourth-order valence-corrected chi connectivity index (χ4v) is 5.24. The molecule has 30 heavy (non-hydrogen) atoms. The molecule has 0 saturated carbocycles. The highest BCUT2D eigenvalue weighted by atomic mass is 16.4. The highest BCUT2D eigenvalue weighted by Crippen LogP contribution is 2.47. The molecular formula is C23H23N3O4. The van der Waals surface area contributed by atoms with Crippen molar-refractivity contribution < 1.29 is 24.4 Å². The molecule has 0 spiro atoms. The highest BCUT2D eigenvalue weighted by Gasteiger charge is 2.55. The van der Waals surface area contributed by atoms with Gasteiger partial charge < -0.3 is 19.9 Å². The molecule has 4 heterocycles. The third-order valence-electron chi connectivity index (χ3n) is 6.62. The second-order valence-electron chi connectivity index (χ2n) is 8.18. The maximum atomic E-state index is 12.5. The maximum Gasteiger partial charge on any atom is 0.289 e. The number of hydrogen-bond donors (Lipinski definition) is 1. The summed E-state index contributed by atoms with van der Waals surface area (Å²) in [5.74, 6) is -2.27. The number of rotatable bonds is 4. The highest BCUT2D eigenvalue weighted by molar-refractivity contribution is 6.09. The Morgan fingerprint density at radius 2 is 2.10 bits per heavy atom. The van der Waals surface area contributed by atoms with E-state index in [1.807, 2.05) is 37.5 Å². The summed E-state index contributed by atoms with van der Waals surface area (Å²) in [5.41, 5.74) is 3.45. The van der Waals surface area contributed by atoms with Crippen LogP contribution in [0, 0.1) is 5.92 Å². The minimum absolute atomic E-state index is 0.0647. The van der Waals surface area contributed by atoms with Crippen LogP contribution in [0.25, 0.3) is 27.5 Å². The van der Waals surface area contributed by atoms with Crippen molar-refractivity contribution in [3.8, 4) is 0 Å². The molecular weight excluding hydrogens is 382 g/mol. The zero-order valence-corrected chi connectivity index (χ0v) is 17.1. The van der Waals surface area contributed by atoms with Crippen LogP contribution in [-0.2, 0) is 23.2 Å². The second-order valence-corrected chi connectivity index (χ2v) is 8.18. The Hall–Kier alpha value is -3.19. The first-order valence-electron chi connectivity index (χ1n) is 10.2. The molecule has 1 amide bonds. The summed E-state index contributed by atoms with van der Waals surface area (Å²) in [6.45, 7) is 4.51. The largest absolute Gasteiger partial charge is 0.543 e. The molecule has 0 bridgehead atoms. The molecule has 1 aromatic carbocycles. The molecule has 5 rings (SSSR count). The van der Waals surface area contributed by atoms with E-state index in [2.05, 4.69) is 22.1 Å². The number of carboxylic acids is 1. The van der Waals surface area contributed by atoms with E-state index < -0.39 is 18.0 Å². The summed E-state index contributed by atoms with van der Waals surface area (Å²) in [7, 11) is 2.02. The fourth-order valence-electron chi connectivity index (χ4n) is 5.24. The number of fused-ring (bicyclic) bond motifs is 4. The Morgan fingerprint density at radius 1 is 1.33 bits per heavy atom. The van der Waals surface area contributed by atoms with Gasteiger partial charge in [0.25, 0.3) is 5.65 Å². The quantitative estimate of drug-likeness (QED) is 0.511. The van der Waals surface area contributed by atoms with Gasteiger partial charge in [-0.25, -0.2) is 9.13 Å². The Morgan fingerprint density at radius 3 is 2.77 bits per heavy atom. The Bertz CT molecular complexity index is 1270. The van der Waals surface area contributed by atoms with Gasteiger partial charge in [0.15, 0.2) is 0 Å². The molecule has 0 aliphatic carbocycles. The smallest absolute Gasteiger partial charge is 0.289 e. The summed E-state index contributed by atoms with van der Waals surface area (Å²) in [4.78, 5) is 25.7. The van der Waals surface area contributed by atoms with Crippen LogP contribution in [0.5, 0.6) is 0 Å². The van der Waals surface area contributed by atoms with Gasteiger partial charge in [-0.05, 0) is 55.7 Å². The lowest BCUT2D eigenvalue weighted by molar-refractivity contribution is -0.670. The Labute approximate surface area is 173 Å². The molecule has 2 aliphatic rings. The van der Waals surface area contributed by atoms with E-state index in [-0.39, 0.29) is 17.6 Å². The van der Waals surface area contributed by atoms with Crippen molar-refractivity contribution >= 4 is 39.4 Å². The van der Waals surface area contributed by atoms with Gasteiger partial charge in [-0.1, -0.05) is 6.07 Å². The lowest BCUT2D eigenvalue weighted by atomic mass is 9.82. The van der Waals surface area contributed by atoms with Gasteiger partial charge in [0.05, 0.1) is 54.9 Å². The van der Waals surface area contributed by atoms with E-state index >= 15 is 0 Å². The molecule has 0 unspecified atom stereocenters. The number of hydrogen-bond acceptors (Lipinski definition) is 4. The van der Waals surface area contributed by atoms with Crippen molar-refractivity contribution in [2.24, 2.45) is 13.0 Å². The molecule has 1 fully saturated rings. The number of carbonyl (C=O) groups excluding carboxylic acids is 2. The van der Waals surface area contributed by atoms with E-state index in [1.165, 1.54) is 4.90 Å². The van der Waals surface area contributed by atoms with E-state index in [9.17, 15) is 19.8 Å². The monoisotopic (exact) mass is 405 g/mol. The van der Waals surface area contributed by atoms with Crippen LogP contribution < -0.4 is 9.67 Å². The molecule has 7 heteroatoms. The lowest BCUT2D eigenvalue weighted by Gasteiger charge is -2.45. The predicted octanol–water partition coefficient (Wildman–Crippen LogP) is 0.711. The fraction of sp³-hybridized carbons (Fsp3) is 0.348. The molecule has 0 radical (unpaired) electrons. The molecule has 2 aromatic heterocycles. The molecule has 1 N–H and O–H groups in total. The van der Waals surface area contributed by atoms with Gasteiger partial charge in [-0.15, -0.1) is 0 Å². The predicted molar refractivity (Wildman–Crippen MR) is 109 cm³/mol. The zero-order chi connectivity index (χ0) is 21.3. The standard InChI is InChI=1S/C23H23N3O4/c1-4-25-9-5-6-14-16-10-13(7-8-17(16)24(3)21(14)25)15-11-18-19(12(2)27)22(28)26(18)20(15)23(29)30/h5-10,12,18-19,27H,4,11H2,1-3H3/t12-,18-,19-/m1/s1. The second kappa shape index (κ2) is 6.40. The first kappa shape index (κ1) is 18.8. The number of aryl methyl sites for hydroxylation is 2. The van der Waals surface area contributed by atoms with Crippen LogP contribution in [0.4, 0.5) is 0 Å². The van der Waals surface area contributed by atoms with Crippen LogP contribution in [0.15, 0.2) is 42.2 Å². The van der Waals surface area contributed by atoms with Gasteiger partial charge in [0.1, 0.15) is 5.52 Å². The minimum atomic E-state index is -1.35. The summed E-state index contributed by atoms with van der Waals surface area (Å²) in [6, 6.07) is 9.65. The molecule has 2 aliphatic heterocycles. The molecule has 7 nitrogen and oxygen atoms in total. The summed E-state index contributed by atoms with van der Waals surface area (Å²) < 4.78 is 4.31. The van der Waals surface area contributed by atoms with Crippen LogP contribution in [0.3, 0.4) is 0 Å². The number of carboxylic acid groups (broad SMARTS) is 1. The number of carbonyl (C=O) groups is 2. The van der Waals surface area contributed by atoms with E-state index in [4.69, 9.17) is 0 Å². The average molecular weight is 405 g/mol. The number of aliphatic hydroxyl groups is 1. The number of benzene rings is 1. The first-order valence-corrected chi connectivity index (χ1v) is 10.2. The van der Waals surface area contributed by atoms with Gasteiger partial charge in [-0.2, -0.15) is 0 Å². The van der Waals surface area contributed by atoms with Crippen LogP contribution >= 0.6 is 0 Å². The number of aliphatic carboxylic acids is 1. The lowest BCUT2D eigenvalue weighted by Crippen LogP contribution is -2.62. The number of amides is 1. The van der Waals surface area contributed by atoms with E-state index in [0.717, 1.165) is 34.0 Å². The number of β-lactam (4-membered cyclic amide) rings is 1. The molecule has 3 aromatic rings. The van der Waals surface area contributed by atoms with E-state index in [1.54, 1.807) is 6.92 Å². The van der Waals surface area contributed by atoms with Crippen LogP contribution in [0.2, 0.25) is 0 Å². The van der Waals surface area contributed by atoms with Crippen molar-refractivity contribution in [3.63, 3.8) is 0 Å². The topological polar surface area (TPSA) is 89.5 Å². The number of aromatic nitrogens is 2.